The maximum Gasteiger partial charge on any atom is 0.301 e. The standard InChI is InChI=1S/C29H21ClFN3O4S2/c1-15-11-19-12-18(7-10-22(19)38-15)25(35)23-24(17-3-2-4-20(30)13-17)34(27(37)26(23)36)28-32-33-29(40-28)39-14-16-5-8-21(31)9-6-16/h2-10,12-13,15,24,35H,11,14H2,1H3/b25-23+/t15-,24-/m1/s1. The van der Waals surface area contributed by atoms with Gasteiger partial charge in [0.05, 0.1) is 11.6 Å². The summed E-state index contributed by atoms with van der Waals surface area (Å²) in [5.74, 6) is -1.00. The molecule has 1 fully saturated rings. The normalized spacial score (nSPS) is 19.6. The van der Waals surface area contributed by atoms with Gasteiger partial charge in [-0.3, -0.25) is 14.5 Å². The van der Waals surface area contributed by atoms with Gasteiger partial charge in [0.25, 0.3) is 5.78 Å². The third-order valence-electron chi connectivity index (χ3n) is 6.66. The van der Waals surface area contributed by atoms with E-state index in [-0.39, 0.29) is 28.4 Å². The van der Waals surface area contributed by atoms with Crippen LogP contribution in [0.1, 0.15) is 35.2 Å². The molecule has 0 spiro atoms. The third-order valence-corrected chi connectivity index (χ3v) is 9.02. The topological polar surface area (TPSA) is 92.6 Å². The predicted octanol–water partition coefficient (Wildman–Crippen LogP) is 6.57. The van der Waals surface area contributed by atoms with Crippen LogP contribution in [0.5, 0.6) is 5.75 Å². The maximum atomic E-state index is 13.5. The van der Waals surface area contributed by atoms with Crippen molar-refractivity contribution in [3.05, 3.63) is 105 Å². The molecule has 202 valence electrons. The van der Waals surface area contributed by atoms with Crippen molar-refractivity contribution in [3.8, 4) is 5.75 Å². The number of amides is 1. The molecule has 1 aromatic heterocycles. The van der Waals surface area contributed by atoms with Crippen molar-refractivity contribution in [3.63, 3.8) is 0 Å². The number of aliphatic hydroxyl groups is 1. The number of aliphatic hydroxyl groups excluding tert-OH is 1. The minimum Gasteiger partial charge on any atom is -0.507 e. The van der Waals surface area contributed by atoms with Crippen LogP contribution in [0.2, 0.25) is 5.02 Å². The Morgan fingerprint density at radius 1 is 1.15 bits per heavy atom. The molecule has 0 unspecified atom stereocenters. The lowest BCUT2D eigenvalue weighted by atomic mass is 9.94. The van der Waals surface area contributed by atoms with E-state index in [0.717, 1.165) is 28.2 Å². The number of hydrogen-bond donors (Lipinski definition) is 1. The highest BCUT2D eigenvalue weighted by Crippen LogP contribution is 2.45. The van der Waals surface area contributed by atoms with Gasteiger partial charge in [-0.2, -0.15) is 0 Å². The molecule has 1 saturated heterocycles. The van der Waals surface area contributed by atoms with Gasteiger partial charge in [0.2, 0.25) is 5.13 Å². The number of ketones is 1. The molecule has 0 radical (unpaired) electrons. The highest BCUT2D eigenvalue weighted by atomic mass is 35.5. The number of carbonyl (C=O) groups is 2. The summed E-state index contributed by atoms with van der Waals surface area (Å²) in [6, 6.07) is 17.2. The summed E-state index contributed by atoms with van der Waals surface area (Å²) in [5, 5.41) is 20.5. The molecular weight excluding hydrogens is 573 g/mol. The number of Topliss-reactive ketones (excluding diaryl/α,β-unsaturated/α-hetero) is 1. The van der Waals surface area contributed by atoms with Gasteiger partial charge < -0.3 is 9.84 Å². The fraction of sp³-hybridized carbons (Fsp3) is 0.172. The van der Waals surface area contributed by atoms with Crippen LogP contribution in [0.3, 0.4) is 0 Å². The quantitative estimate of drug-likeness (QED) is 0.0888. The Bertz CT molecular complexity index is 1670. The number of fused-ring (bicyclic) bond motifs is 1. The number of carbonyl (C=O) groups excluding carboxylic acids is 2. The largest absolute Gasteiger partial charge is 0.507 e. The molecule has 0 aliphatic carbocycles. The Kier molecular flexibility index (Phi) is 7.07. The van der Waals surface area contributed by atoms with Gasteiger partial charge in [-0.15, -0.1) is 10.2 Å². The summed E-state index contributed by atoms with van der Waals surface area (Å²) in [6.45, 7) is 1.96. The molecule has 2 aliphatic heterocycles. The Labute approximate surface area is 242 Å². The van der Waals surface area contributed by atoms with Gasteiger partial charge in [-0.25, -0.2) is 4.39 Å². The molecule has 3 aromatic carbocycles. The molecule has 0 bridgehead atoms. The summed E-state index contributed by atoms with van der Waals surface area (Å²) in [6.07, 6.45) is 0.683. The number of rotatable bonds is 6. The van der Waals surface area contributed by atoms with Crippen molar-refractivity contribution in [1.29, 1.82) is 0 Å². The number of benzene rings is 3. The molecule has 4 aromatic rings. The van der Waals surface area contributed by atoms with Crippen molar-refractivity contribution >= 4 is 57.3 Å². The minimum absolute atomic E-state index is 0.0111. The van der Waals surface area contributed by atoms with Crippen LogP contribution < -0.4 is 9.64 Å². The smallest absolute Gasteiger partial charge is 0.301 e. The lowest BCUT2D eigenvalue weighted by Crippen LogP contribution is -2.29. The first-order valence-electron chi connectivity index (χ1n) is 12.4. The van der Waals surface area contributed by atoms with Crippen LogP contribution in [0, 0.1) is 5.82 Å². The zero-order valence-electron chi connectivity index (χ0n) is 21.0. The van der Waals surface area contributed by atoms with Crippen molar-refractivity contribution in [2.75, 3.05) is 4.90 Å². The lowest BCUT2D eigenvalue weighted by Gasteiger charge is -2.22. The summed E-state index contributed by atoms with van der Waals surface area (Å²) in [7, 11) is 0. The Balaban J connectivity index is 1.38. The fourth-order valence-corrected chi connectivity index (χ4v) is 6.85. The van der Waals surface area contributed by atoms with Crippen LogP contribution in [-0.2, 0) is 21.8 Å². The Morgan fingerprint density at radius 2 is 1.95 bits per heavy atom. The Hall–Kier alpha value is -3.73. The summed E-state index contributed by atoms with van der Waals surface area (Å²) in [5.41, 5.74) is 2.71. The minimum atomic E-state index is -0.968. The van der Waals surface area contributed by atoms with Gasteiger partial charge >= 0.3 is 5.91 Å². The molecule has 0 saturated carbocycles. The summed E-state index contributed by atoms with van der Waals surface area (Å²) < 4.78 is 19.6. The van der Waals surface area contributed by atoms with E-state index in [9.17, 15) is 19.1 Å². The molecule has 2 atom stereocenters. The van der Waals surface area contributed by atoms with Gasteiger partial charge in [0.15, 0.2) is 4.34 Å². The second kappa shape index (κ2) is 10.7. The number of thioether (sulfide) groups is 1. The molecule has 1 amide bonds. The second-order valence-corrected chi connectivity index (χ2v) is 12.1. The van der Waals surface area contributed by atoms with E-state index in [1.807, 2.05) is 6.92 Å². The van der Waals surface area contributed by atoms with Gasteiger partial charge in [0, 0.05) is 22.8 Å². The van der Waals surface area contributed by atoms with E-state index in [1.54, 1.807) is 54.6 Å². The van der Waals surface area contributed by atoms with Gasteiger partial charge in [-0.05, 0) is 66.1 Å². The molecule has 2 aliphatic rings. The van der Waals surface area contributed by atoms with E-state index in [1.165, 1.54) is 28.8 Å². The molecule has 3 heterocycles. The van der Waals surface area contributed by atoms with Crippen LogP contribution in [0.25, 0.3) is 5.76 Å². The molecule has 40 heavy (non-hydrogen) atoms. The van der Waals surface area contributed by atoms with E-state index < -0.39 is 17.7 Å². The van der Waals surface area contributed by atoms with Gasteiger partial charge in [-0.1, -0.05) is 59.0 Å². The number of halogens is 2. The van der Waals surface area contributed by atoms with Gasteiger partial charge in [0.1, 0.15) is 23.4 Å². The fourth-order valence-electron chi connectivity index (χ4n) is 4.83. The Morgan fingerprint density at radius 3 is 2.73 bits per heavy atom. The second-order valence-electron chi connectivity index (χ2n) is 9.44. The maximum absolute atomic E-state index is 13.5. The summed E-state index contributed by atoms with van der Waals surface area (Å²) in [4.78, 5) is 28.2. The van der Waals surface area contributed by atoms with E-state index >= 15 is 0 Å². The predicted molar refractivity (Wildman–Crippen MR) is 152 cm³/mol. The molecule has 6 rings (SSSR count). The van der Waals surface area contributed by atoms with Crippen LogP contribution >= 0.6 is 34.7 Å². The SMILES string of the molecule is C[C@@H]1Cc2cc(/C(O)=C3\C(=O)C(=O)N(c4nnc(SCc5ccc(F)cc5)s4)[C@@H]3c3cccc(Cl)c3)ccc2O1. The molecule has 1 N–H and O–H groups in total. The van der Waals surface area contributed by atoms with Crippen molar-refractivity contribution in [2.45, 2.75) is 35.6 Å². The summed E-state index contributed by atoms with van der Waals surface area (Å²) >= 11 is 8.83. The zero-order valence-corrected chi connectivity index (χ0v) is 23.4. The zero-order chi connectivity index (χ0) is 28.0. The number of aromatic nitrogens is 2. The van der Waals surface area contributed by atoms with E-state index in [4.69, 9.17) is 16.3 Å². The highest BCUT2D eigenvalue weighted by Gasteiger charge is 2.48. The first-order valence-corrected chi connectivity index (χ1v) is 14.5. The van der Waals surface area contributed by atoms with Crippen LogP contribution in [0.15, 0.2) is 76.6 Å². The van der Waals surface area contributed by atoms with Crippen molar-refractivity contribution in [2.24, 2.45) is 0 Å². The average Bonchev–Trinajstić information content (AvgIpc) is 3.63. The molecule has 11 heteroatoms. The average molecular weight is 594 g/mol. The number of anilines is 1. The first-order chi connectivity index (χ1) is 19.3. The monoisotopic (exact) mass is 593 g/mol. The number of ether oxygens (including phenoxy) is 1. The third kappa shape index (κ3) is 4.98. The van der Waals surface area contributed by atoms with E-state index in [2.05, 4.69) is 10.2 Å². The van der Waals surface area contributed by atoms with Crippen LogP contribution in [-0.4, -0.2) is 33.1 Å². The number of hydrogen-bond acceptors (Lipinski definition) is 8. The molecule has 7 nitrogen and oxygen atoms in total. The molecular formula is C29H21ClFN3O4S2. The van der Waals surface area contributed by atoms with Crippen LogP contribution in [0.4, 0.5) is 9.52 Å². The highest BCUT2D eigenvalue weighted by molar-refractivity contribution is 8.00. The van der Waals surface area contributed by atoms with Crippen molar-refractivity contribution in [1.82, 2.24) is 10.2 Å². The first kappa shape index (κ1) is 26.5. The van der Waals surface area contributed by atoms with E-state index in [0.29, 0.717) is 32.7 Å². The number of nitrogens with zero attached hydrogens (tertiary/aromatic N) is 3. The van der Waals surface area contributed by atoms with Crippen molar-refractivity contribution < 1.29 is 23.8 Å². The lowest BCUT2D eigenvalue weighted by molar-refractivity contribution is -0.132.